The van der Waals surface area contributed by atoms with E-state index >= 15 is 0 Å². The number of alkyl halides is 3. The molecule has 3 aromatic rings. The first-order chi connectivity index (χ1) is 15.8. The molecule has 0 aromatic heterocycles. The van der Waals surface area contributed by atoms with Crippen molar-refractivity contribution in [3.05, 3.63) is 101 Å². The van der Waals surface area contributed by atoms with Gasteiger partial charge in [-0.25, -0.2) is 0 Å². The summed E-state index contributed by atoms with van der Waals surface area (Å²) in [5, 5.41) is 5.97. The molecule has 0 fully saturated rings. The van der Waals surface area contributed by atoms with Crippen LogP contribution in [0.4, 0.5) is 13.2 Å². The van der Waals surface area contributed by atoms with Gasteiger partial charge in [0, 0.05) is 13.0 Å². The number of methoxy groups -OCH3 is 1. The lowest BCUT2D eigenvalue weighted by atomic mass is 9.87. The average Bonchev–Trinajstić information content (AvgIpc) is 2.84. The van der Waals surface area contributed by atoms with E-state index in [0.29, 0.717) is 18.7 Å². The van der Waals surface area contributed by atoms with Crippen LogP contribution in [0.25, 0.3) is 0 Å². The maximum absolute atomic E-state index is 13.0. The first-order valence-electron chi connectivity index (χ1n) is 10.6. The molecular formula is C26H28ClF3N2O2. The molecule has 0 saturated carbocycles. The van der Waals surface area contributed by atoms with Crippen molar-refractivity contribution in [1.29, 1.82) is 0 Å². The minimum atomic E-state index is -4.39. The van der Waals surface area contributed by atoms with Gasteiger partial charge in [-0.1, -0.05) is 54.6 Å². The quantitative estimate of drug-likeness (QED) is 0.401. The fourth-order valence-electron chi connectivity index (χ4n) is 3.81. The van der Waals surface area contributed by atoms with Crippen molar-refractivity contribution in [3.8, 4) is 5.75 Å². The Morgan fingerprint density at radius 3 is 2.15 bits per heavy atom. The summed E-state index contributed by atoms with van der Waals surface area (Å²) in [7, 11) is 3.16. The molecule has 0 unspecified atom stereocenters. The molecule has 1 amide bonds. The van der Waals surface area contributed by atoms with Crippen LogP contribution in [0.15, 0.2) is 78.9 Å². The van der Waals surface area contributed by atoms with Gasteiger partial charge in [0.2, 0.25) is 5.91 Å². The van der Waals surface area contributed by atoms with Crippen LogP contribution < -0.4 is 15.4 Å². The molecule has 34 heavy (non-hydrogen) atoms. The second-order valence-corrected chi connectivity index (χ2v) is 7.65. The van der Waals surface area contributed by atoms with E-state index in [2.05, 4.69) is 10.6 Å². The zero-order valence-corrected chi connectivity index (χ0v) is 19.7. The van der Waals surface area contributed by atoms with Crippen LogP contribution in [-0.4, -0.2) is 26.6 Å². The molecular weight excluding hydrogens is 465 g/mol. The number of carbonyl (C=O) groups is 1. The van der Waals surface area contributed by atoms with Gasteiger partial charge in [-0.15, -0.1) is 12.4 Å². The largest absolute Gasteiger partial charge is 0.497 e. The summed E-state index contributed by atoms with van der Waals surface area (Å²) < 4.78 is 44.5. The summed E-state index contributed by atoms with van der Waals surface area (Å²) in [6, 6.07) is 21.6. The number of hydrogen-bond acceptors (Lipinski definition) is 3. The molecule has 0 radical (unpaired) electrons. The van der Waals surface area contributed by atoms with Crippen molar-refractivity contribution in [2.45, 2.75) is 24.6 Å². The summed E-state index contributed by atoms with van der Waals surface area (Å²) in [5.41, 5.74) is 1.84. The number of benzene rings is 3. The lowest BCUT2D eigenvalue weighted by Crippen LogP contribution is -2.36. The molecule has 3 rings (SSSR count). The summed E-state index contributed by atoms with van der Waals surface area (Å²) in [4.78, 5) is 12.4. The van der Waals surface area contributed by atoms with Crippen LogP contribution in [0, 0.1) is 0 Å². The van der Waals surface area contributed by atoms with Gasteiger partial charge in [0.25, 0.3) is 0 Å². The van der Waals surface area contributed by atoms with Crippen LogP contribution in [0.3, 0.4) is 0 Å². The van der Waals surface area contributed by atoms with Crippen LogP contribution in [-0.2, 0) is 11.0 Å². The lowest BCUT2D eigenvalue weighted by molar-refractivity contribution is -0.137. The molecule has 0 saturated heterocycles. The van der Waals surface area contributed by atoms with Crippen LogP contribution in [0.1, 0.15) is 40.6 Å². The van der Waals surface area contributed by atoms with E-state index in [0.717, 1.165) is 28.8 Å². The summed E-state index contributed by atoms with van der Waals surface area (Å²) in [5.74, 6) is 0.328. The second kappa shape index (κ2) is 12.4. The Bertz CT molecular complexity index is 1040. The highest BCUT2D eigenvalue weighted by atomic mass is 35.5. The molecule has 0 aliphatic carbocycles. The third kappa shape index (κ3) is 6.98. The van der Waals surface area contributed by atoms with Gasteiger partial charge in [-0.2, -0.15) is 13.2 Å². The summed E-state index contributed by atoms with van der Waals surface area (Å²) in [6.45, 7) is 0.468. The molecule has 4 nitrogen and oxygen atoms in total. The number of carbonyl (C=O) groups excluding carboxylic acids is 1. The number of amides is 1. The average molecular weight is 493 g/mol. The molecule has 0 aliphatic heterocycles. The number of halogens is 4. The number of likely N-dealkylation sites (N-methyl/N-ethyl adjacent to an activating group) is 1. The fourth-order valence-corrected chi connectivity index (χ4v) is 3.81. The third-order valence-electron chi connectivity index (χ3n) is 5.56. The highest BCUT2D eigenvalue weighted by molar-refractivity contribution is 5.85. The Hall–Kier alpha value is -3.03. The minimum absolute atomic E-state index is 0. The highest BCUT2D eigenvalue weighted by Gasteiger charge is 2.30. The summed E-state index contributed by atoms with van der Waals surface area (Å²) >= 11 is 0. The first kappa shape index (κ1) is 27.2. The number of ether oxygens (including phenoxy) is 1. The number of rotatable bonds is 9. The van der Waals surface area contributed by atoms with Crippen LogP contribution in [0.2, 0.25) is 0 Å². The molecule has 0 aliphatic rings. The van der Waals surface area contributed by atoms with Crippen LogP contribution in [0.5, 0.6) is 5.75 Å². The van der Waals surface area contributed by atoms with Crippen molar-refractivity contribution in [2.24, 2.45) is 0 Å². The van der Waals surface area contributed by atoms with Crippen molar-refractivity contribution in [2.75, 3.05) is 20.7 Å². The Labute approximate surface area is 203 Å². The van der Waals surface area contributed by atoms with E-state index in [1.165, 1.54) is 12.1 Å². The van der Waals surface area contributed by atoms with E-state index in [-0.39, 0.29) is 24.2 Å². The van der Waals surface area contributed by atoms with Crippen molar-refractivity contribution in [1.82, 2.24) is 10.6 Å². The topological polar surface area (TPSA) is 50.4 Å². The Morgan fingerprint density at radius 2 is 1.56 bits per heavy atom. The van der Waals surface area contributed by atoms with Gasteiger partial charge in [-0.3, -0.25) is 4.79 Å². The molecule has 0 heterocycles. The third-order valence-corrected chi connectivity index (χ3v) is 5.56. The standard InChI is InChI=1S/C26H27F3N2O2.ClH/c1-30-25(32)24(19-7-4-3-5-8-19)31-16-15-23(20-9-6-10-22(17-20)33-2)18-11-13-21(14-12-18)26(27,28)29;/h3-14,17,23-24,31H,15-16H2,1-2H3,(H,30,32);1H/t23-,24+;/m0./s1. The van der Waals surface area contributed by atoms with E-state index in [1.807, 2.05) is 54.6 Å². The van der Waals surface area contributed by atoms with Crippen molar-refractivity contribution < 1.29 is 22.7 Å². The van der Waals surface area contributed by atoms with Crippen molar-refractivity contribution >= 4 is 18.3 Å². The molecule has 182 valence electrons. The molecule has 2 N–H and O–H groups in total. The van der Waals surface area contributed by atoms with Gasteiger partial charge in [-0.05, 0) is 53.9 Å². The van der Waals surface area contributed by atoms with Gasteiger partial charge >= 0.3 is 6.18 Å². The monoisotopic (exact) mass is 492 g/mol. The molecule has 3 aromatic carbocycles. The zero-order valence-electron chi connectivity index (χ0n) is 18.9. The smallest absolute Gasteiger partial charge is 0.416 e. The molecule has 2 atom stereocenters. The SMILES string of the molecule is CNC(=O)[C@H](NCC[C@@H](c1ccc(C(F)(F)F)cc1)c1cccc(OC)c1)c1ccccc1.Cl. The predicted molar refractivity (Wildman–Crippen MR) is 129 cm³/mol. The van der Waals surface area contributed by atoms with Gasteiger partial charge in [0.15, 0.2) is 0 Å². The summed E-state index contributed by atoms with van der Waals surface area (Å²) in [6.07, 6.45) is -3.82. The highest BCUT2D eigenvalue weighted by Crippen LogP contribution is 2.34. The maximum atomic E-state index is 13.0. The number of nitrogens with one attached hydrogen (secondary N) is 2. The Kier molecular flexibility index (Phi) is 9.96. The Morgan fingerprint density at radius 1 is 0.912 bits per heavy atom. The van der Waals surface area contributed by atoms with E-state index in [4.69, 9.17) is 4.74 Å². The first-order valence-corrected chi connectivity index (χ1v) is 10.6. The van der Waals surface area contributed by atoms with Gasteiger partial charge in [0.05, 0.1) is 12.7 Å². The molecule has 0 bridgehead atoms. The van der Waals surface area contributed by atoms with E-state index < -0.39 is 17.8 Å². The zero-order chi connectivity index (χ0) is 23.8. The van der Waals surface area contributed by atoms with Gasteiger partial charge in [0.1, 0.15) is 11.8 Å². The van der Waals surface area contributed by atoms with Gasteiger partial charge < -0.3 is 15.4 Å². The molecule has 0 spiro atoms. The normalized spacial score (nSPS) is 12.9. The lowest BCUT2D eigenvalue weighted by Gasteiger charge is -2.22. The maximum Gasteiger partial charge on any atom is 0.416 e. The predicted octanol–water partition coefficient (Wildman–Crippen LogP) is 5.73. The number of hydrogen-bond donors (Lipinski definition) is 2. The van der Waals surface area contributed by atoms with Crippen LogP contribution >= 0.6 is 12.4 Å². The van der Waals surface area contributed by atoms with E-state index in [9.17, 15) is 18.0 Å². The Balaban J connectivity index is 0.00000408. The molecule has 8 heteroatoms. The fraction of sp³-hybridized carbons (Fsp3) is 0.269. The minimum Gasteiger partial charge on any atom is -0.497 e. The van der Waals surface area contributed by atoms with Crippen molar-refractivity contribution in [3.63, 3.8) is 0 Å². The second-order valence-electron chi connectivity index (χ2n) is 7.65. The van der Waals surface area contributed by atoms with E-state index in [1.54, 1.807) is 14.2 Å².